The Kier molecular flexibility index (Phi) is 3.54. The molecular formula is C9H14N2O2. The van der Waals surface area contributed by atoms with Gasteiger partial charge in [-0.15, -0.1) is 0 Å². The summed E-state index contributed by atoms with van der Waals surface area (Å²) in [5, 5.41) is 20.4. The molecular weight excluding hydrogens is 168 g/mol. The first-order chi connectivity index (χ1) is 6.27. The van der Waals surface area contributed by atoms with Crippen molar-refractivity contribution in [1.29, 1.82) is 0 Å². The number of anilines is 2. The third kappa shape index (κ3) is 2.61. The highest BCUT2D eigenvalue weighted by molar-refractivity contribution is 5.58. The van der Waals surface area contributed by atoms with Gasteiger partial charge in [0.1, 0.15) is 0 Å². The molecule has 0 amide bonds. The van der Waals surface area contributed by atoms with Gasteiger partial charge in [0.25, 0.3) is 0 Å². The molecule has 0 radical (unpaired) electrons. The number of aliphatic hydroxyl groups excluding tert-OH is 2. The van der Waals surface area contributed by atoms with Crippen LogP contribution in [0.4, 0.5) is 11.4 Å². The third-order valence-electron chi connectivity index (χ3n) is 1.76. The highest BCUT2D eigenvalue weighted by atomic mass is 16.3. The Morgan fingerprint density at radius 1 is 1.31 bits per heavy atom. The van der Waals surface area contributed by atoms with Crippen LogP contribution in [-0.2, 0) is 6.61 Å². The Balaban J connectivity index is 2.71. The molecule has 0 bridgehead atoms. The van der Waals surface area contributed by atoms with Crippen LogP contribution in [0, 0.1) is 0 Å². The van der Waals surface area contributed by atoms with Gasteiger partial charge in [0.05, 0.1) is 13.2 Å². The highest BCUT2D eigenvalue weighted by Crippen LogP contribution is 2.17. The van der Waals surface area contributed by atoms with Crippen LogP contribution in [0.25, 0.3) is 0 Å². The van der Waals surface area contributed by atoms with E-state index in [9.17, 15) is 0 Å². The highest BCUT2D eigenvalue weighted by Gasteiger charge is 1.98. The molecule has 0 aromatic heterocycles. The summed E-state index contributed by atoms with van der Waals surface area (Å²) in [6, 6.07) is 5.31. The van der Waals surface area contributed by atoms with Crippen molar-refractivity contribution in [2.75, 3.05) is 24.2 Å². The molecule has 13 heavy (non-hydrogen) atoms. The summed E-state index contributed by atoms with van der Waals surface area (Å²) in [6.45, 7) is 0.533. The van der Waals surface area contributed by atoms with Gasteiger partial charge in [-0.3, -0.25) is 0 Å². The van der Waals surface area contributed by atoms with Crippen molar-refractivity contribution in [1.82, 2.24) is 0 Å². The first-order valence-corrected chi connectivity index (χ1v) is 4.12. The van der Waals surface area contributed by atoms with Crippen molar-refractivity contribution < 1.29 is 10.2 Å². The van der Waals surface area contributed by atoms with E-state index < -0.39 is 0 Å². The van der Waals surface area contributed by atoms with E-state index in [0.717, 1.165) is 11.3 Å². The number of benzene rings is 1. The first-order valence-electron chi connectivity index (χ1n) is 4.12. The molecule has 0 unspecified atom stereocenters. The molecule has 0 aliphatic carbocycles. The lowest BCUT2D eigenvalue weighted by Crippen LogP contribution is -2.06. The van der Waals surface area contributed by atoms with E-state index in [1.807, 2.05) is 6.07 Å². The van der Waals surface area contributed by atoms with Gasteiger partial charge in [-0.2, -0.15) is 0 Å². The molecule has 0 atom stereocenters. The Labute approximate surface area is 77.0 Å². The minimum Gasteiger partial charge on any atom is -0.398 e. The van der Waals surface area contributed by atoms with Gasteiger partial charge in [-0.05, 0) is 12.1 Å². The zero-order valence-corrected chi connectivity index (χ0v) is 7.33. The number of aliphatic hydroxyl groups is 2. The average molecular weight is 182 g/mol. The second kappa shape index (κ2) is 4.69. The maximum atomic E-state index is 8.84. The van der Waals surface area contributed by atoms with Crippen molar-refractivity contribution in [3.05, 3.63) is 23.8 Å². The van der Waals surface area contributed by atoms with Crippen LogP contribution in [0.1, 0.15) is 5.56 Å². The van der Waals surface area contributed by atoms with Gasteiger partial charge < -0.3 is 21.3 Å². The molecule has 0 saturated carbocycles. The van der Waals surface area contributed by atoms with E-state index in [-0.39, 0.29) is 13.2 Å². The van der Waals surface area contributed by atoms with Crippen molar-refractivity contribution >= 4 is 11.4 Å². The number of nitrogens with two attached hydrogens (primary N) is 1. The van der Waals surface area contributed by atoms with Gasteiger partial charge in [-0.1, -0.05) is 6.07 Å². The van der Waals surface area contributed by atoms with Gasteiger partial charge >= 0.3 is 0 Å². The molecule has 0 fully saturated rings. The molecule has 72 valence electrons. The number of hydrogen-bond donors (Lipinski definition) is 4. The Bertz CT molecular complexity index is 276. The van der Waals surface area contributed by atoms with Crippen LogP contribution in [0.2, 0.25) is 0 Å². The summed E-state index contributed by atoms with van der Waals surface area (Å²) in [4.78, 5) is 0. The van der Waals surface area contributed by atoms with Crippen molar-refractivity contribution in [3.8, 4) is 0 Å². The topological polar surface area (TPSA) is 78.5 Å². The van der Waals surface area contributed by atoms with Gasteiger partial charge in [0.2, 0.25) is 0 Å². The quantitative estimate of drug-likeness (QED) is 0.500. The number of nitrogens with one attached hydrogen (secondary N) is 1. The SMILES string of the molecule is Nc1cc(NCCO)ccc1CO. The smallest absolute Gasteiger partial charge is 0.0701 e. The molecule has 0 spiro atoms. The van der Waals surface area contributed by atoms with E-state index in [1.165, 1.54) is 0 Å². The van der Waals surface area contributed by atoms with E-state index >= 15 is 0 Å². The standard InChI is InChI=1S/C9H14N2O2/c10-9-5-8(11-3-4-12)2-1-7(9)6-13/h1-2,5,11-13H,3-4,6,10H2. The minimum atomic E-state index is -0.0495. The molecule has 0 heterocycles. The number of rotatable bonds is 4. The van der Waals surface area contributed by atoms with E-state index in [0.29, 0.717) is 12.2 Å². The number of nitrogen functional groups attached to an aromatic ring is 1. The van der Waals surface area contributed by atoms with Gasteiger partial charge in [0.15, 0.2) is 0 Å². The van der Waals surface area contributed by atoms with E-state index in [4.69, 9.17) is 15.9 Å². The summed E-state index contributed by atoms with van der Waals surface area (Å²) in [5.41, 5.74) is 7.77. The monoisotopic (exact) mass is 182 g/mol. The predicted octanol–water partition coefficient (Wildman–Crippen LogP) is 0.165. The molecule has 1 aromatic carbocycles. The Morgan fingerprint density at radius 2 is 2.08 bits per heavy atom. The van der Waals surface area contributed by atoms with E-state index in [1.54, 1.807) is 12.1 Å². The van der Waals surface area contributed by atoms with E-state index in [2.05, 4.69) is 5.32 Å². The van der Waals surface area contributed by atoms with Gasteiger partial charge in [-0.25, -0.2) is 0 Å². The zero-order chi connectivity index (χ0) is 9.68. The van der Waals surface area contributed by atoms with Gasteiger partial charge in [0, 0.05) is 23.5 Å². The Hall–Kier alpha value is -1.26. The Morgan fingerprint density at radius 3 is 2.62 bits per heavy atom. The fraction of sp³-hybridized carbons (Fsp3) is 0.333. The molecule has 0 aliphatic rings. The van der Waals surface area contributed by atoms with Crippen LogP contribution < -0.4 is 11.1 Å². The zero-order valence-electron chi connectivity index (χ0n) is 7.33. The fourth-order valence-corrected chi connectivity index (χ4v) is 1.05. The number of hydrogen-bond acceptors (Lipinski definition) is 4. The lowest BCUT2D eigenvalue weighted by molar-refractivity contribution is 0.282. The van der Waals surface area contributed by atoms with Crippen LogP contribution in [-0.4, -0.2) is 23.4 Å². The molecule has 5 N–H and O–H groups in total. The lowest BCUT2D eigenvalue weighted by Gasteiger charge is -2.07. The summed E-state index contributed by atoms with van der Waals surface area (Å²) in [7, 11) is 0. The summed E-state index contributed by atoms with van der Waals surface area (Å²) in [5.74, 6) is 0. The summed E-state index contributed by atoms with van der Waals surface area (Å²) >= 11 is 0. The normalized spacial score (nSPS) is 10.0. The molecule has 1 rings (SSSR count). The molecule has 0 aliphatic heterocycles. The minimum absolute atomic E-state index is 0.0495. The maximum absolute atomic E-state index is 8.84. The summed E-state index contributed by atoms with van der Waals surface area (Å²) in [6.07, 6.45) is 0. The fourth-order valence-electron chi connectivity index (χ4n) is 1.05. The first kappa shape index (κ1) is 9.83. The maximum Gasteiger partial charge on any atom is 0.0701 e. The third-order valence-corrected chi connectivity index (χ3v) is 1.76. The second-order valence-electron chi connectivity index (χ2n) is 2.72. The molecule has 4 heteroatoms. The summed E-state index contributed by atoms with van der Waals surface area (Å²) < 4.78 is 0. The van der Waals surface area contributed by atoms with Crippen LogP contribution in [0.15, 0.2) is 18.2 Å². The molecule has 4 nitrogen and oxygen atoms in total. The average Bonchev–Trinajstić information content (AvgIpc) is 2.15. The predicted molar refractivity (Wildman–Crippen MR) is 52.4 cm³/mol. The molecule has 1 aromatic rings. The van der Waals surface area contributed by atoms with Crippen LogP contribution in [0.3, 0.4) is 0 Å². The van der Waals surface area contributed by atoms with Crippen molar-refractivity contribution in [2.45, 2.75) is 6.61 Å². The lowest BCUT2D eigenvalue weighted by atomic mass is 10.2. The largest absolute Gasteiger partial charge is 0.398 e. The van der Waals surface area contributed by atoms with Crippen molar-refractivity contribution in [3.63, 3.8) is 0 Å². The van der Waals surface area contributed by atoms with Crippen molar-refractivity contribution in [2.24, 2.45) is 0 Å². The molecule has 0 saturated heterocycles. The van der Waals surface area contributed by atoms with Crippen LogP contribution in [0.5, 0.6) is 0 Å². The second-order valence-corrected chi connectivity index (χ2v) is 2.72. The van der Waals surface area contributed by atoms with Crippen LogP contribution >= 0.6 is 0 Å².